The normalized spacial score (nSPS) is 11.6. The lowest BCUT2D eigenvalue weighted by Crippen LogP contribution is -2.06. The Hall–Kier alpha value is -2.75. The second-order valence-corrected chi connectivity index (χ2v) is 9.63. The lowest BCUT2D eigenvalue weighted by Gasteiger charge is -2.11. The van der Waals surface area contributed by atoms with Crippen LogP contribution in [0.15, 0.2) is 61.2 Å². The molecule has 2 rings (SSSR count). The third kappa shape index (κ3) is 12.8. The van der Waals surface area contributed by atoms with Crippen LogP contribution < -0.4 is 9.47 Å². The molecule has 4 heteroatoms. The van der Waals surface area contributed by atoms with Gasteiger partial charge in [0.25, 0.3) is 0 Å². The van der Waals surface area contributed by atoms with Gasteiger partial charge >= 0.3 is 5.97 Å². The minimum absolute atomic E-state index is 0.321. The van der Waals surface area contributed by atoms with Crippen LogP contribution in [0, 0.1) is 5.92 Å². The number of esters is 1. The Morgan fingerprint density at radius 2 is 1.17 bits per heavy atom. The number of unbranched alkanes of at least 4 members (excludes halogenated alkanes) is 9. The molecule has 36 heavy (non-hydrogen) atoms. The summed E-state index contributed by atoms with van der Waals surface area (Å²) in [4.78, 5) is 10.9. The third-order valence-corrected chi connectivity index (χ3v) is 6.49. The van der Waals surface area contributed by atoms with Gasteiger partial charge in [0.2, 0.25) is 0 Å². The molecule has 0 aliphatic carbocycles. The van der Waals surface area contributed by atoms with Crippen molar-refractivity contribution in [3.05, 3.63) is 61.2 Å². The van der Waals surface area contributed by atoms with Crippen LogP contribution in [0.5, 0.6) is 11.5 Å². The smallest absolute Gasteiger partial charge is 0.330 e. The molecule has 0 fully saturated rings. The predicted molar refractivity (Wildman–Crippen MR) is 150 cm³/mol. The van der Waals surface area contributed by atoms with E-state index in [2.05, 4.69) is 69.0 Å². The Morgan fingerprint density at radius 1 is 0.722 bits per heavy atom. The lowest BCUT2D eigenvalue weighted by atomic mass is 10.1. The van der Waals surface area contributed by atoms with E-state index < -0.39 is 0 Å². The minimum Gasteiger partial charge on any atom is -0.494 e. The second-order valence-electron chi connectivity index (χ2n) is 9.63. The van der Waals surface area contributed by atoms with Gasteiger partial charge in [0.05, 0.1) is 19.8 Å². The van der Waals surface area contributed by atoms with Crippen molar-refractivity contribution in [3.8, 4) is 22.6 Å². The van der Waals surface area contributed by atoms with Gasteiger partial charge in [-0.25, -0.2) is 4.79 Å². The monoisotopic (exact) mass is 494 g/mol. The van der Waals surface area contributed by atoms with E-state index in [1.807, 2.05) is 0 Å². The van der Waals surface area contributed by atoms with E-state index in [-0.39, 0.29) is 5.97 Å². The summed E-state index contributed by atoms with van der Waals surface area (Å²) >= 11 is 0. The Balaban J connectivity index is 1.48. The van der Waals surface area contributed by atoms with Gasteiger partial charge in [-0.2, -0.15) is 0 Å². The van der Waals surface area contributed by atoms with E-state index in [1.165, 1.54) is 62.1 Å². The van der Waals surface area contributed by atoms with Crippen molar-refractivity contribution in [1.82, 2.24) is 0 Å². The van der Waals surface area contributed by atoms with Crippen molar-refractivity contribution in [2.75, 3.05) is 19.8 Å². The van der Waals surface area contributed by atoms with Gasteiger partial charge in [-0.1, -0.05) is 102 Å². The third-order valence-electron chi connectivity index (χ3n) is 6.49. The van der Waals surface area contributed by atoms with Crippen LogP contribution >= 0.6 is 0 Å². The van der Waals surface area contributed by atoms with Gasteiger partial charge in [0, 0.05) is 6.08 Å². The highest BCUT2D eigenvalue weighted by Gasteiger charge is 2.03. The van der Waals surface area contributed by atoms with Gasteiger partial charge in [-0.05, 0) is 54.2 Å². The largest absolute Gasteiger partial charge is 0.494 e. The summed E-state index contributed by atoms with van der Waals surface area (Å²) in [5, 5.41) is 0. The zero-order valence-electron chi connectivity index (χ0n) is 22.5. The first-order valence-corrected chi connectivity index (χ1v) is 13.9. The Kier molecular flexibility index (Phi) is 15.2. The zero-order chi connectivity index (χ0) is 25.8. The molecule has 1 unspecified atom stereocenters. The molecule has 0 aliphatic rings. The average Bonchev–Trinajstić information content (AvgIpc) is 2.92. The summed E-state index contributed by atoms with van der Waals surface area (Å²) in [7, 11) is 0. The van der Waals surface area contributed by atoms with Crippen LogP contribution in [0.2, 0.25) is 0 Å². The first kappa shape index (κ1) is 29.5. The second kappa shape index (κ2) is 18.5. The molecule has 0 amide bonds. The highest BCUT2D eigenvalue weighted by molar-refractivity contribution is 5.81. The van der Waals surface area contributed by atoms with Gasteiger partial charge in [-0.3, -0.25) is 0 Å². The van der Waals surface area contributed by atoms with Crippen molar-refractivity contribution in [2.45, 2.75) is 84.5 Å². The molecule has 0 radical (unpaired) electrons. The van der Waals surface area contributed by atoms with Crippen LogP contribution in [-0.4, -0.2) is 25.8 Å². The van der Waals surface area contributed by atoms with Crippen molar-refractivity contribution in [2.24, 2.45) is 5.92 Å². The first-order chi connectivity index (χ1) is 17.6. The SMILES string of the molecule is C=CC(=O)OCCCCCCCCCCCCOc1ccc(-c2ccc(OCC(C)CC)cc2)cc1. The maximum Gasteiger partial charge on any atom is 0.330 e. The number of rotatable bonds is 20. The number of carbonyl (C=O) groups is 1. The van der Waals surface area contributed by atoms with E-state index in [9.17, 15) is 4.79 Å². The fourth-order valence-electron chi connectivity index (χ4n) is 3.88. The molecule has 0 bridgehead atoms. The van der Waals surface area contributed by atoms with Crippen LogP contribution in [0.25, 0.3) is 11.1 Å². The topological polar surface area (TPSA) is 44.8 Å². The van der Waals surface area contributed by atoms with Crippen LogP contribution in [0.4, 0.5) is 0 Å². The first-order valence-electron chi connectivity index (χ1n) is 13.9. The van der Waals surface area contributed by atoms with E-state index in [0.717, 1.165) is 50.4 Å². The predicted octanol–water partition coefficient (Wildman–Crippen LogP) is 8.79. The Labute approximate surface area is 219 Å². The zero-order valence-corrected chi connectivity index (χ0v) is 22.5. The minimum atomic E-state index is -0.321. The van der Waals surface area contributed by atoms with E-state index in [1.54, 1.807) is 0 Å². The van der Waals surface area contributed by atoms with E-state index in [4.69, 9.17) is 14.2 Å². The van der Waals surface area contributed by atoms with Gasteiger partial charge in [0.1, 0.15) is 11.5 Å². The molecular formula is C32H46O4. The molecule has 0 saturated heterocycles. The standard InChI is InChI=1S/C32H46O4/c1-4-27(3)26-36-31-22-18-29(19-23-31)28-16-20-30(21-17-28)34-24-14-12-10-8-6-7-9-11-13-15-25-35-32(33)5-2/h5,16-23,27H,2,4,6-15,24-26H2,1,3H3. The molecule has 0 spiro atoms. The molecule has 4 nitrogen and oxygen atoms in total. The molecular weight excluding hydrogens is 448 g/mol. The maximum absolute atomic E-state index is 10.9. The Bertz CT molecular complexity index is 841. The number of hydrogen-bond donors (Lipinski definition) is 0. The molecule has 0 aromatic heterocycles. The van der Waals surface area contributed by atoms with Crippen LogP contribution in [0.3, 0.4) is 0 Å². The lowest BCUT2D eigenvalue weighted by molar-refractivity contribution is -0.137. The van der Waals surface area contributed by atoms with Gasteiger partial charge in [-0.15, -0.1) is 0 Å². The maximum atomic E-state index is 10.9. The quantitative estimate of drug-likeness (QED) is 0.105. The summed E-state index contributed by atoms with van der Waals surface area (Å²) in [5.74, 6) is 2.12. The molecule has 1 atom stereocenters. The molecule has 2 aromatic carbocycles. The number of ether oxygens (including phenoxy) is 3. The highest BCUT2D eigenvalue weighted by Crippen LogP contribution is 2.25. The fraction of sp³-hybridized carbons (Fsp3) is 0.531. The summed E-state index contributed by atoms with van der Waals surface area (Å²) in [5.41, 5.74) is 2.37. The van der Waals surface area contributed by atoms with E-state index >= 15 is 0 Å². The average molecular weight is 495 g/mol. The highest BCUT2D eigenvalue weighted by atomic mass is 16.5. The molecule has 0 heterocycles. The molecule has 0 aliphatic heterocycles. The molecule has 198 valence electrons. The van der Waals surface area contributed by atoms with Crippen molar-refractivity contribution in [3.63, 3.8) is 0 Å². The number of carbonyl (C=O) groups excluding carboxylic acids is 1. The summed E-state index contributed by atoms with van der Waals surface area (Å²) in [6.45, 7) is 9.84. The Morgan fingerprint density at radius 3 is 1.64 bits per heavy atom. The van der Waals surface area contributed by atoms with Crippen LogP contribution in [0.1, 0.15) is 84.5 Å². The fourth-order valence-corrected chi connectivity index (χ4v) is 3.88. The van der Waals surface area contributed by atoms with Crippen molar-refractivity contribution < 1.29 is 19.0 Å². The molecule has 0 saturated carbocycles. The number of hydrogen-bond acceptors (Lipinski definition) is 4. The van der Waals surface area contributed by atoms with Gasteiger partial charge < -0.3 is 14.2 Å². The summed E-state index contributed by atoms with van der Waals surface area (Å²) < 4.78 is 16.8. The summed E-state index contributed by atoms with van der Waals surface area (Å²) in [6, 6.07) is 16.7. The molecule has 0 N–H and O–H groups in total. The summed E-state index contributed by atoms with van der Waals surface area (Å²) in [6.07, 6.45) is 14.4. The van der Waals surface area contributed by atoms with Crippen molar-refractivity contribution in [1.29, 1.82) is 0 Å². The molecule has 2 aromatic rings. The van der Waals surface area contributed by atoms with Crippen molar-refractivity contribution >= 4 is 5.97 Å². The van der Waals surface area contributed by atoms with Gasteiger partial charge in [0.15, 0.2) is 0 Å². The van der Waals surface area contributed by atoms with Crippen LogP contribution in [-0.2, 0) is 9.53 Å². The van der Waals surface area contributed by atoms with E-state index in [0.29, 0.717) is 12.5 Å². The number of benzene rings is 2.